The standard InChI is InChI=1S/C14H17NS.C2H6/c1-3-15-10-12-6-4-5-7-13(12)14-9-8-11(2)16-14;1-2/h4-9,15H,3,10H2,1-2H3;1-2H3. The highest BCUT2D eigenvalue weighted by Gasteiger charge is 2.05. The summed E-state index contributed by atoms with van der Waals surface area (Å²) in [4.78, 5) is 2.74. The Balaban J connectivity index is 0.000000771. The molecular formula is C16H23NS. The molecule has 2 rings (SSSR count). The van der Waals surface area contributed by atoms with Crippen molar-refractivity contribution in [3.8, 4) is 10.4 Å². The van der Waals surface area contributed by atoms with Crippen molar-refractivity contribution in [3.63, 3.8) is 0 Å². The van der Waals surface area contributed by atoms with Crippen LogP contribution in [0.25, 0.3) is 10.4 Å². The number of hydrogen-bond donors (Lipinski definition) is 1. The van der Waals surface area contributed by atoms with E-state index in [1.165, 1.54) is 20.9 Å². The van der Waals surface area contributed by atoms with Gasteiger partial charge in [-0.1, -0.05) is 45.0 Å². The highest BCUT2D eigenvalue weighted by molar-refractivity contribution is 7.15. The molecule has 18 heavy (non-hydrogen) atoms. The van der Waals surface area contributed by atoms with Crippen molar-refractivity contribution in [2.45, 2.75) is 34.2 Å². The number of thiophene rings is 1. The zero-order valence-electron chi connectivity index (χ0n) is 11.8. The molecule has 0 fully saturated rings. The lowest BCUT2D eigenvalue weighted by molar-refractivity contribution is 0.728. The van der Waals surface area contributed by atoms with Crippen LogP contribution in [0.5, 0.6) is 0 Å². The Morgan fingerprint density at radius 1 is 1.06 bits per heavy atom. The Labute approximate surface area is 115 Å². The van der Waals surface area contributed by atoms with E-state index in [2.05, 4.69) is 55.6 Å². The van der Waals surface area contributed by atoms with Crippen molar-refractivity contribution in [1.29, 1.82) is 0 Å². The Morgan fingerprint density at radius 2 is 1.78 bits per heavy atom. The molecule has 0 aliphatic rings. The van der Waals surface area contributed by atoms with Crippen LogP contribution in [-0.2, 0) is 6.54 Å². The maximum Gasteiger partial charge on any atom is 0.0348 e. The number of nitrogens with one attached hydrogen (secondary N) is 1. The Hall–Kier alpha value is -1.12. The third kappa shape index (κ3) is 3.97. The van der Waals surface area contributed by atoms with E-state index in [1.807, 2.05) is 25.2 Å². The number of aryl methyl sites for hydroxylation is 1. The Kier molecular flexibility index (Phi) is 6.69. The van der Waals surface area contributed by atoms with Crippen molar-refractivity contribution in [3.05, 3.63) is 46.8 Å². The van der Waals surface area contributed by atoms with Crippen molar-refractivity contribution in [2.75, 3.05) is 6.54 Å². The maximum absolute atomic E-state index is 3.39. The van der Waals surface area contributed by atoms with Crippen LogP contribution in [0.15, 0.2) is 36.4 Å². The molecular weight excluding hydrogens is 238 g/mol. The Morgan fingerprint density at radius 3 is 2.39 bits per heavy atom. The Bertz CT molecular complexity index is 460. The van der Waals surface area contributed by atoms with Crippen LogP contribution in [0.1, 0.15) is 31.2 Å². The van der Waals surface area contributed by atoms with Gasteiger partial charge in [0.15, 0.2) is 0 Å². The molecule has 1 heterocycles. The van der Waals surface area contributed by atoms with Crippen molar-refractivity contribution in [2.24, 2.45) is 0 Å². The lowest BCUT2D eigenvalue weighted by atomic mass is 10.1. The van der Waals surface area contributed by atoms with Gasteiger partial charge in [-0.3, -0.25) is 0 Å². The summed E-state index contributed by atoms with van der Waals surface area (Å²) in [5.41, 5.74) is 2.74. The van der Waals surface area contributed by atoms with Gasteiger partial charge in [0, 0.05) is 16.3 Å². The third-order valence-electron chi connectivity index (χ3n) is 2.59. The summed E-state index contributed by atoms with van der Waals surface area (Å²) in [6.45, 7) is 10.3. The van der Waals surface area contributed by atoms with Gasteiger partial charge in [-0.15, -0.1) is 11.3 Å². The predicted molar refractivity (Wildman–Crippen MR) is 83.2 cm³/mol. The van der Waals surface area contributed by atoms with Crippen LogP contribution in [-0.4, -0.2) is 6.54 Å². The summed E-state index contributed by atoms with van der Waals surface area (Å²) < 4.78 is 0. The molecule has 0 aliphatic carbocycles. The van der Waals surface area contributed by atoms with E-state index in [4.69, 9.17) is 0 Å². The van der Waals surface area contributed by atoms with Crippen molar-refractivity contribution >= 4 is 11.3 Å². The first-order valence-corrected chi connectivity index (χ1v) is 7.48. The molecule has 0 saturated carbocycles. The molecule has 98 valence electrons. The van der Waals surface area contributed by atoms with Crippen molar-refractivity contribution in [1.82, 2.24) is 5.32 Å². The average Bonchev–Trinajstić information content (AvgIpc) is 2.85. The first kappa shape index (κ1) is 14.9. The molecule has 0 spiro atoms. The second kappa shape index (κ2) is 8.06. The average molecular weight is 261 g/mol. The summed E-state index contributed by atoms with van der Waals surface area (Å²) >= 11 is 1.86. The first-order chi connectivity index (χ1) is 8.81. The number of rotatable bonds is 4. The smallest absolute Gasteiger partial charge is 0.0348 e. The zero-order valence-corrected chi connectivity index (χ0v) is 12.6. The van der Waals surface area contributed by atoms with Gasteiger partial charge < -0.3 is 5.32 Å². The second-order valence-corrected chi connectivity index (χ2v) is 5.14. The third-order valence-corrected chi connectivity index (χ3v) is 3.62. The van der Waals surface area contributed by atoms with Gasteiger partial charge in [0.05, 0.1) is 0 Å². The molecule has 1 aromatic heterocycles. The van der Waals surface area contributed by atoms with E-state index in [0.29, 0.717) is 0 Å². The normalized spacial score (nSPS) is 9.78. The molecule has 0 aliphatic heterocycles. The number of hydrogen-bond acceptors (Lipinski definition) is 2. The highest BCUT2D eigenvalue weighted by atomic mass is 32.1. The number of benzene rings is 1. The van der Waals surface area contributed by atoms with Gasteiger partial charge in [-0.25, -0.2) is 0 Å². The van der Waals surface area contributed by atoms with Gasteiger partial charge in [-0.05, 0) is 36.7 Å². The van der Waals surface area contributed by atoms with Crippen LogP contribution in [0.3, 0.4) is 0 Å². The molecule has 0 radical (unpaired) electrons. The van der Waals surface area contributed by atoms with Crippen LogP contribution in [0, 0.1) is 6.92 Å². The fraction of sp³-hybridized carbons (Fsp3) is 0.375. The molecule has 0 amide bonds. The fourth-order valence-corrected chi connectivity index (χ4v) is 2.68. The van der Waals surface area contributed by atoms with Gasteiger partial charge in [0.25, 0.3) is 0 Å². The minimum absolute atomic E-state index is 0.948. The minimum atomic E-state index is 0.948. The lowest BCUT2D eigenvalue weighted by Crippen LogP contribution is -2.12. The first-order valence-electron chi connectivity index (χ1n) is 6.66. The molecule has 0 bridgehead atoms. The summed E-state index contributed by atoms with van der Waals surface area (Å²) in [6, 6.07) is 13.0. The van der Waals surface area contributed by atoms with E-state index >= 15 is 0 Å². The summed E-state index contributed by atoms with van der Waals surface area (Å²) in [5.74, 6) is 0. The van der Waals surface area contributed by atoms with E-state index in [-0.39, 0.29) is 0 Å². The van der Waals surface area contributed by atoms with Crippen LogP contribution < -0.4 is 5.32 Å². The van der Waals surface area contributed by atoms with Gasteiger partial charge in [0.2, 0.25) is 0 Å². The quantitative estimate of drug-likeness (QED) is 0.829. The molecule has 1 nitrogen and oxygen atoms in total. The van der Waals surface area contributed by atoms with Crippen LogP contribution >= 0.6 is 11.3 Å². The molecule has 1 aromatic carbocycles. The molecule has 2 heteroatoms. The largest absolute Gasteiger partial charge is 0.313 e. The van der Waals surface area contributed by atoms with Gasteiger partial charge in [0.1, 0.15) is 0 Å². The topological polar surface area (TPSA) is 12.0 Å². The van der Waals surface area contributed by atoms with Crippen LogP contribution in [0.4, 0.5) is 0 Å². The fourth-order valence-electron chi connectivity index (χ4n) is 1.75. The van der Waals surface area contributed by atoms with Crippen LogP contribution in [0.2, 0.25) is 0 Å². The monoisotopic (exact) mass is 261 g/mol. The predicted octanol–water partition coefficient (Wildman–Crippen LogP) is 4.86. The van der Waals surface area contributed by atoms with Gasteiger partial charge >= 0.3 is 0 Å². The molecule has 0 unspecified atom stereocenters. The van der Waals surface area contributed by atoms with E-state index in [1.54, 1.807) is 0 Å². The second-order valence-electron chi connectivity index (χ2n) is 3.85. The zero-order chi connectivity index (χ0) is 13.4. The summed E-state index contributed by atoms with van der Waals surface area (Å²) in [5, 5.41) is 3.39. The van der Waals surface area contributed by atoms with E-state index in [9.17, 15) is 0 Å². The maximum atomic E-state index is 3.39. The van der Waals surface area contributed by atoms with E-state index < -0.39 is 0 Å². The molecule has 0 atom stereocenters. The summed E-state index contributed by atoms with van der Waals surface area (Å²) in [7, 11) is 0. The lowest BCUT2D eigenvalue weighted by Gasteiger charge is -2.07. The molecule has 1 N–H and O–H groups in total. The molecule has 0 saturated heterocycles. The van der Waals surface area contributed by atoms with E-state index in [0.717, 1.165) is 13.1 Å². The van der Waals surface area contributed by atoms with Gasteiger partial charge in [-0.2, -0.15) is 0 Å². The SMILES string of the molecule is CC.CCNCc1ccccc1-c1ccc(C)s1. The molecule has 2 aromatic rings. The van der Waals surface area contributed by atoms with Crippen molar-refractivity contribution < 1.29 is 0 Å². The summed E-state index contributed by atoms with van der Waals surface area (Å²) in [6.07, 6.45) is 0. The highest BCUT2D eigenvalue weighted by Crippen LogP contribution is 2.30. The minimum Gasteiger partial charge on any atom is -0.313 e.